The van der Waals surface area contributed by atoms with E-state index in [1.807, 2.05) is 12.1 Å². The molecule has 108 valence electrons. The summed E-state index contributed by atoms with van der Waals surface area (Å²) in [5.74, 6) is 0.603. The Bertz CT molecular complexity index is 724. The topological polar surface area (TPSA) is 51.1 Å². The summed E-state index contributed by atoms with van der Waals surface area (Å²) >= 11 is 3.57. The van der Waals surface area contributed by atoms with E-state index in [1.54, 1.807) is 0 Å². The minimum Gasteiger partial charge on any atom is -0.345 e. The van der Waals surface area contributed by atoms with Gasteiger partial charge in [0.05, 0.1) is 11.5 Å². The highest BCUT2D eigenvalue weighted by Crippen LogP contribution is 2.25. The molecule has 1 unspecified atom stereocenters. The van der Waals surface area contributed by atoms with Crippen molar-refractivity contribution < 1.29 is 8.42 Å². The number of para-hydroxylation sites is 1. The Morgan fingerprint density at radius 3 is 2.90 bits per heavy atom. The number of hydrogen-bond donors (Lipinski definition) is 1. The minimum absolute atomic E-state index is 0.116. The van der Waals surface area contributed by atoms with E-state index < -0.39 is 9.84 Å². The number of nitrogens with one attached hydrogen (secondary N) is 1. The summed E-state index contributed by atoms with van der Waals surface area (Å²) in [7, 11) is -2.80. The second-order valence-corrected chi connectivity index (χ2v) is 8.32. The second kappa shape index (κ2) is 5.50. The zero-order valence-corrected chi connectivity index (χ0v) is 13.5. The van der Waals surface area contributed by atoms with Crippen LogP contribution in [0.25, 0.3) is 10.9 Å². The molecule has 0 amide bonds. The average Bonchev–Trinajstić information content (AvgIpc) is 2.92. The Kier molecular flexibility index (Phi) is 3.88. The van der Waals surface area contributed by atoms with Crippen molar-refractivity contribution in [2.75, 3.05) is 18.1 Å². The predicted octanol–water partition coefficient (Wildman–Crippen LogP) is 2.18. The molecule has 0 spiro atoms. The standard InChI is InChI=1S/C14H17BrN2O2S/c15-13-9-17(14-4-2-1-3-12(13)14)7-6-16-11-5-8-20(18,19)10-11/h1-4,9,11,16H,5-8,10H2. The van der Waals surface area contributed by atoms with Crippen molar-refractivity contribution in [3.05, 3.63) is 34.9 Å². The fourth-order valence-electron chi connectivity index (χ4n) is 2.73. The third kappa shape index (κ3) is 2.92. The van der Waals surface area contributed by atoms with Gasteiger partial charge in [0.1, 0.15) is 0 Å². The quantitative estimate of drug-likeness (QED) is 0.913. The molecule has 1 saturated heterocycles. The SMILES string of the molecule is O=S1(=O)CCC(NCCn2cc(Br)c3ccccc32)C1. The molecule has 2 aromatic rings. The van der Waals surface area contributed by atoms with Crippen LogP contribution < -0.4 is 5.32 Å². The van der Waals surface area contributed by atoms with Crippen LogP contribution in [0.4, 0.5) is 0 Å². The molecule has 4 nitrogen and oxygen atoms in total. The third-order valence-electron chi connectivity index (χ3n) is 3.76. The van der Waals surface area contributed by atoms with Crippen LogP contribution in [-0.4, -0.2) is 37.1 Å². The van der Waals surface area contributed by atoms with Crippen molar-refractivity contribution in [3.8, 4) is 0 Å². The van der Waals surface area contributed by atoms with Gasteiger partial charge in [-0.2, -0.15) is 0 Å². The number of fused-ring (bicyclic) bond motifs is 1. The molecule has 1 atom stereocenters. The van der Waals surface area contributed by atoms with Crippen molar-refractivity contribution in [1.29, 1.82) is 0 Å². The van der Waals surface area contributed by atoms with E-state index in [0.717, 1.165) is 24.0 Å². The number of halogens is 1. The Morgan fingerprint density at radius 2 is 2.15 bits per heavy atom. The van der Waals surface area contributed by atoms with Crippen LogP contribution >= 0.6 is 15.9 Å². The van der Waals surface area contributed by atoms with Gasteiger partial charge in [-0.05, 0) is 28.4 Å². The highest BCUT2D eigenvalue weighted by Gasteiger charge is 2.27. The summed E-state index contributed by atoms with van der Waals surface area (Å²) in [5.41, 5.74) is 1.19. The molecule has 0 bridgehead atoms. The molecule has 0 aliphatic carbocycles. The molecule has 1 aromatic carbocycles. The average molecular weight is 357 g/mol. The molecule has 0 radical (unpaired) electrons. The maximum atomic E-state index is 11.4. The van der Waals surface area contributed by atoms with E-state index >= 15 is 0 Å². The lowest BCUT2D eigenvalue weighted by molar-refractivity contribution is 0.524. The van der Waals surface area contributed by atoms with Gasteiger partial charge in [0.2, 0.25) is 0 Å². The van der Waals surface area contributed by atoms with Crippen LogP contribution in [-0.2, 0) is 16.4 Å². The van der Waals surface area contributed by atoms with E-state index in [1.165, 1.54) is 10.9 Å². The van der Waals surface area contributed by atoms with Crippen LogP contribution in [0.15, 0.2) is 34.9 Å². The predicted molar refractivity (Wildman–Crippen MR) is 84.7 cm³/mol. The number of aromatic nitrogens is 1. The van der Waals surface area contributed by atoms with Gasteiger partial charge in [0.15, 0.2) is 9.84 Å². The fraction of sp³-hybridized carbons (Fsp3) is 0.429. The van der Waals surface area contributed by atoms with Crippen molar-refractivity contribution in [1.82, 2.24) is 9.88 Å². The molecular weight excluding hydrogens is 340 g/mol. The summed E-state index contributed by atoms with van der Waals surface area (Å²) in [6.45, 7) is 1.62. The number of hydrogen-bond acceptors (Lipinski definition) is 3. The highest BCUT2D eigenvalue weighted by atomic mass is 79.9. The molecule has 1 fully saturated rings. The van der Waals surface area contributed by atoms with E-state index in [-0.39, 0.29) is 11.8 Å². The van der Waals surface area contributed by atoms with Crippen molar-refractivity contribution in [2.45, 2.75) is 19.0 Å². The van der Waals surface area contributed by atoms with E-state index in [4.69, 9.17) is 0 Å². The van der Waals surface area contributed by atoms with Crippen LogP contribution in [0.2, 0.25) is 0 Å². The highest BCUT2D eigenvalue weighted by molar-refractivity contribution is 9.10. The molecule has 20 heavy (non-hydrogen) atoms. The Balaban J connectivity index is 1.63. The van der Waals surface area contributed by atoms with Crippen LogP contribution in [0.1, 0.15) is 6.42 Å². The van der Waals surface area contributed by atoms with Gasteiger partial charge in [0, 0.05) is 40.7 Å². The normalized spacial score (nSPS) is 21.6. The van der Waals surface area contributed by atoms with Crippen LogP contribution in [0.3, 0.4) is 0 Å². The van der Waals surface area contributed by atoms with Crippen molar-refractivity contribution in [2.24, 2.45) is 0 Å². The Labute approximate surface area is 127 Å². The molecule has 6 heteroatoms. The second-order valence-electron chi connectivity index (χ2n) is 5.24. The van der Waals surface area contributed by atoms with E-state index in [0.29, 0.717) is 5.75 Å². The number of nitrogens with zero attached hydrogens (tertiary/aromatic N) is 1. The van der Waals surface area contributed by atoms with Gasteiger partial charge >= 0.3 is 0 Å². The molecule has 3 rings (SSSR count). The maximum Gasteiger partial charge on any atom is 0.151 e. The first-order chi connectivity index (χ1) is 9.55. The molecule has 1 aromatic heterocycles. The first-order valence-electron chi connectivity index (χ1n) is 6.72. The van der Waals surface area contributed by atoms with E-state index in [2.05, 4.69) is 44.1 Å². The zero-order chi connectivity index (χ0) is 14.2. The summed E-state index contributed by atoms with van der Waals surface area (Å²) in [4.78, 5) is 0. The monoisotopic (exact) mass is 356 g/mol. The van der Waals surface area contributed by atoms with Gasteiger partial charge in [0.25, 0.3) is 0 Å². The van der Waals surface area contributed by atoms with Gasteiger partial charge in [-0.25, -0.2) is 8.42 Å². The zero-order valence-electron chi connectivity index (χ0n) is 11.0. The first-order valence-corrected chi connectivity index (χ1v) is 9.34. The Hall–Kier alpha value is -0.850. The molecule has 1 aliphatic heterocycles. The molecular formula is C14H17BrN2O2S. The van der Waals surface area contributed by atoms with E-state index in [9.17, 15) is 8.42 Å². The van der Waals surface area contributed by atoms with Gasteiger partial charge in [-0.1, -0.05) is 18.2 Å². The molecule has 0 saturated carbocycles. The minimum atomic E-state index is -2.80. The number of benzene rings is 1. The summed E-state index contributed by atoms with van der Waals surface area (Å²) in [6, 6.07) is 8.36. The first kappa shape index (κ1) is 14.1. The van der Waals surface area contributed by atoms with Crippen molar-refractivity contribution >= 4 is 36.7 Å². The molecule has 1 aliphatic rings. The van der Waals surface area contributed by atoms with Gasteiger partial charge in [-0.15, -0.1) is 0 Å². The Morgan fingerprint density at radius 1 is 1.35 bits per heavy atom. The maximum absolute atomic E-state index is 11.4. The van der Waals surface area contributed by atoms with Gasteiger partial charge < -0.3 is 9.88 Å². The van der Waals surface area contributed by atoms with Crippen LogP contribution in [0, 0.1) is 0 Å². The van der Waals surface area contributed by atoms with Crippen LogP contribution in [0.5, 0.6) is 0 Å². The number of sulfone groups is 1. The molecule has 1 N–H and O–H groups in total. The number of rotatable bonds is 4. The lowest BCUT2D eigenvalue weighted by Gasteiger charge is -2.11. The lowest BCUT2D eigenvalue weighted by Crippen LogP contribution is -2.32. The largest absolute Gasteiger partial charge is 0.345 e. The lowest BCUT2D eigenvalue weighted by atomic mass is 10.2. The summed E-state index contributed by atoms with van der Waals surface area (Å²) in [6.07, 6.45) is 2.82. The summed E-state index contributed by atoms with van der Waals surface area (Å²) < 4.78 is 26.1. The molecule has 2 heterocycles. The third-order valence-corrected chi connectivity index (χ3v) is 6.16. The van der Waals surface area contributed by atoms with Gasteiger partial charge in [-0.3, -0.25) is 0 Å². The summed E-state index contributed by atoms with van der Waals surface area (Å²) in [5, 5.41) is 4.55. The smallest absolute Gasteiger partial charge is 0.151 e. The van der Waals surface area contributed by atoms with Crippen molar-refractivity contribution in [3.63, 3.8) is 0 Å². The fourth-order valence-corrected chi connectivity index (χ4v) is 5.02.